The third-order valence-corrected chi connectivity index (χ3v) is 5.12. The average Bonchev–Trinajstić information content (AvgIpc) is 3.08. The van der Waals surface area contributed by atoms with Crippen molar-refractivity contribution < 1.29 is 23.9 Å². The fraction of sp³-hybridized carbons (Fsp3) is 0.120. The number of ether oxygens (including phenoxy) is 1. The van der Waals surface area contributed by atoms with Gasteiger partial charge in [0.15, 0.2) is 0 Å². The molecule has 3 aromatic carbocycles. The summed E-state index contributed by atoms with van der Waals surface area (Å²) in [6.07, 6.45) is -0.659. The maximum atomic E-state index is 13.0. The number of nitrogens with one attached hydrogen (secondary N) is 2. The van der Waals surface area contributed by atoms with Crippen LogP contribution in [0.4, 0.5) is 4.79 Å². The lowest BCUT2D eigenvalue weighted by atomic mass is 10.1. The monoisotopic (exact) mass is 443 g/mol. The van der Waals surface area contributed by atoms with E-state index in [-0.39, 0.29) is 24.2 Å². The number of carbonyl (C=O) groups excluding carboxylic acids is 4. The van der Waals surface area contributed by atoms with Crippen LogP contribution in [0.15, 0.2) is 84.9 Å². The first-order chi connectivity index (χ1) is 16.0. The van der Waals surface area contributed by atoms with Gasteiger partial charge >= 0.3 is 6.09 Å². The number of imide groups is 1. The Bertz CT molecular complexity index is 1150. The Morgan fingerprint density at radius 1 is 0.758 bits per heavy atom. The van der Waals surface area contributed by atoms with E-state index in [1.165, 1.54) is 12.1 Å². The number of amides is 4. The molecule has 0 fully saturated rings. The first kappa shape index (κ1) is 21.8. The molecule has 0 aliphatic carbocycles. The minimum atomic E-state index is -1.08. The number of hydrogen-bond acceptors (Lipinski definition) is 5. The van der Waals surface area contributed by atoms with Crippen LogP contribution in [-0.2, 0) is 22.6 Å². The Morgan fingerprint density at radius 2 is 1.27 bits per heavy atom. The molecule has 4 amide bonds. The molecule has 1 aliphatic heterocycles. The number of rotatable bonds is 7. The molecular weight excluding hydrogens is 422 g/mol. The van der Waals surface area contributed by atoms with E-state index in [0.29, 0.717) is 5.01 Å². The van der Waals surface area contributed by atoms with Crippen LogP contribution in [0.2, 0.25) is 0 Å². The van der Waals surface area contributed by atoms with E-state index in [4.69, 9.17) is 4.74 Å². The van der Waals surface area contributed by atoms with Gasteiger partial charge in [-0.25, -0.2) is 4.79 Å². The summed E-state index contributed by atoms with van der Waals surface area (Å²) in [5.74, 6) is -1.98. The number of carbonyl (C=O) groups is 4. The molecule has 33 heavy (non-hydrogen) atoms. The fourth-order valence-electron chi connectivity index (χ4n) is 3.45. The van der Waals surface area contributed by atoms with Gasteiger partial charge in [0.25, 0.3) is 17.7 Å². The van der Waals surface area contributed by atoms with Crippen LogP contribution < -0.4 is 10.7 Å². The molecule has 0 bridgehead atoms. The second kappa shape index (κ2) is 9.78. The fourth-order valence-corrected chi connectivity index (χ4v) is 3.45. The minimum Gasteiger partial charge on any atom is -0.445 e. The van der Waals surface area contributed by atoms with Crippen molar-refractivity contribution in [2.75, 3.05) is 0 Å². The number of benzene rings is 3. The molecule has 0 unspecified atom stereocenters. The summed E-state index contributed by atoms with van der Waals surface area (Å²) in [6.45, 7) is 0.0325. The molecule has 1 atom stereocenters. The summed E-state index contributed by atoms with van der Waals surface area (Å²) in [7, 11) is 0. The quantitative estimate of drug-likeness (QED) is 0.547. The summed E-state index contributed by atoms with van der Waals surface area (Å²) < 4.78 is 5.23. The van der Waals surface area contributed by atoms with Crippen molar-refractivity contribution in [2.24, 2.45) is 0 Å². The summed E-state index contributed by atoms with van der Waals surface area (Å²) in [5, 5.41) is 3.21. The molecule has 1 aliphatic rings. The molecule has 8 heteroatoms. The zero-order valence-corrected chi connectivity index (χ0v) is 17.6. The number of fused-ring (bicyclic) bond motifs is 1. The minimum absolute atomic E-state index is 0.0325. The van der Waals surface area contributed by atoms with Crippen LogP contribution in [0.3, 0.4) is 0 Å². The van der Waals surface area contributed by atoms with Crippen molar-refractivity contribution in [2.45, 2.75) is 19.1 Å². The second-order valence-electron chi connectivity index (χ2n) is 7.42. The van der Waals surface area contributed by atoms with Gasteiger partial charge in [-0.15, -0.1) is 0 Å². The predicted molar refractivity (Wildman–Crippen MR) is 119 cm³/mol. The molecule has 0 saturated carbocycles. The lowest BCUT2D eigenvalue weighted by Crippen LogP contribution is -2.54. The standard InChI is InChI=1S/C25H21N3O5/c29-22(27-28-23(30)19-13-7-8-14-20(19)24(28)31)21(15-17-9-3-1-4-10-17)26-25(32)33-16-18-11-5-2-6-12-18/h1-14,21H,15-16H2,(H,26,32)(H,27,29)/t21-/m0/s1. The normalized spacial score (nSPS) is 13.3. The molecule has 166 valence electrons. The highest BCUT2D eigenvalue weighted by molar-refractivity contribution is 6.21. The van der Waals surface area contributed by atoms with E-state index >= 15 is 0 Å². The van der Waals surface area contributed by atoms with E-state index in [1.807, 2.05) is 48.5 Å². The molecule has 8 nitrogen and oxygen atoms in total. The van der Waals surface area contributed by atoms with Gasteiger partial charge in [-0.3, -0.25) is 19.8 Å². The zero-order chi connectivity index (χ0) is 23.2. The highest BCUT2D eigenvalue weighted by Gasteiger charge is 2.37. The number of nitrogens with zero attached hydrogens (tertiary/aromatic N) is 1. The summed E-state index contributed by atoms with van der Waals surface area (Å²) >= 11 is 0. The number of hydrazine groups is 1. The van der Waals surface area contributed by atoms with E-state index in [2.05, 4.69) is 10.7 Å². The number of alkyl carbamates (subject to hydrolysis) is 1. The van der Waals surface area contributed by atoms with Gasteiger partial charge in [0.05, 0.1) is 11.1 Å². The van der Waals surface area contributed by atoms with Gasteiger partial charge in [-0.1, -0.05) is 72.8 Å². The Labute approximate surface area is 190 Å². The van der Waals surface area contributed by atoms with E-state index < -0.39 is 29.9 Å². The van der Waals surface area contributed by atoms with E-state index in [0.717, 1.165) is 11.1 Å². The van der Waals surface area contributed by atoms with Crippen LogP contribution in [0, 0.1) is 0 Å². The molecule has 0 aromatic heterocycles. The van der Waals surface area contributed by atoms with E-state index in [9.17, 15) is 19.2 Å². The first-order valence-electron chi connectivity index (χ1n) is 10.3. The molecule has 0 spiro atoms. The summed E-state index contributed by atoms with van der Waals surface area (Å²) in [4.78, 5) is 50.6. The van der Waals surface area contributed by atoms with Gasteiger partial charge < -0.3 is 10.1 Å². The van der Waals surface area contributed by atoms with Crippen LogP contribution in [0.5, 0.6) is 0 Å². The average molecular weight is 443 g/mol. The van der Waals surface area contributed by atoms with Crippen molar-refractivity contribution in [1.29, 1.82) is 0 Å². The van der Waals surface area contributed by atoms with Gasteiger partial charge in [0.1, 0.15) is 12.6 Å². The van der Waals surface area contributed by atoms with Gasteiger partial charge in [0, 0.05) is 6.42 Å². The lowest BCUT2D eigenvalue weighted by molar-refractivity contribution is -0.126. The van der Waals surface area contributed by atoms with Crippen LogP contribution >= 0.6 is 0 Å². The second-order valence-corrected chi connectivity index (χ2v) is 7.42. The van der Waals surface area contributed by atoms with Gasteiger partial charge in [-0.2, -0.15) is 5.01 Å². The SMILES string of the molecule is O=C(N[C@@H](Cc1ccccc1)C(=O)NN1C(=O)c2ccccc2C1=O)OCc1ccccc1. The number of hydrogen-bond donors (Lipinski definition) is 2. The topological polar surface area (TPSA) is 105 Å². The highest BCUT2D eigenvalue weighted by atomic mass is 16.5. The molecule has 1 heterocycles. The molecule has 2 N–H and O–H groups in total. The highest BCUT2D eigenvalue weighted by Crippen LogP contribution is 2.20. The third-order valence-electron chi connectivity index (χ3n) is 5.12. The Morgan fingerprint density at radius 3 is 1.85 bits per heavy atom. The molecule has 3 aromatic rings. The first-order valence-corrected chi connectivity index (χ1v) is 10.3. The molecular formula is C25H21N3O5. The smallest absolute Gasteiger partial charge is 0.408 e. The Kier molecular flexibility index (Phi) is 6.45. The summed E-state index contributed by atoms with van der Waals surface area (Å²) in [6, 6.07) is 23.4. The molecule has 0 radical (unpaired) electrons. The Hall–Kier alpha value is -4.46. The molecule has 0 saturated heterocycles. The Balaban J connectivity index is 1.46. The van der Waals surface area contributed by atoms with Crippen molar-refractivity contribution in [3.8, 4) is 0 Å². The maximum absolute atomic E-state index is 13.0. The predicted octanol–water partition coefficient (Wildman–Crippen LogP) is 2.85. The van der Waals surface area contributed by atoms with Crippen LogP contribution in [0.25, 0.3) is 0 Å². The summed E-state index contributed by atoms with van der Waals surface area (Å²) in [5.41, 5.74) is 4.34. The lowest BCUT2D eigenvalue weighted by Gasteiger charge is -2.22. The van der Waals surface area contributed by atoms with Gasteiger partial charge in [0.2, 0.25) is 0 Å². The van der Waals surface area contributed by atoms with Crippen molar-refractivity contribution in [1.82, 2.24) is 15.8 Å². The van der Waals surface area contributed by atoms with E-state index in [1.54, 1.807) is 24.3 Å². The van der Waals surface area contributed by atoms with Crippen LogP contribution in [0.1, 0.15) is 31.8 Å². The third kappa shape index (κ3) is 5.07. The maximum Gasteiger partial charge on any atom is 0.408 e. The molecule has 4 rings (SSSR count). The van der Waals surface area contributed by atoms with Crippen molar-refractivity contribution >= 4 is 23.8 Å². The largest absolute Gasteiger partial charge is 0.445 e. The zero-order valence-electron chi connectivity index (χ0n) is 17.6. The van der Waals surface area contributed by atoms with Crippen molar-refractivity contribution in [3.63, 3.8) is 0 Å². The van der Waals surface area contributed by atoms with Crippen LogP contribution in [-0.4, -0.2) is 34.9 Å². The van der Waals surface area contributed by atoms with Crippen molar-refractivity contribution in [3.05, 3.63) is 107 Å². The van der Waals surface area contributed by atoms with Gasteiger partial charge in [-0.05, 0) is 23.3 Å².